The Bertz CT molecular complexity index is 423. The van der Waals surface area contributed by atoms with Crippen molar-refractivity contribution in [2.75, 3.05) is 44.2 Å². The predicted octanol–water partition coefficient (Wildman–Crippen LogP) is 1.74. The Kier molecular flexibility index (Phi) is 3.46. The third-order valence-electron chi connectivity index (χ3n) is 4.10. The third kappa shape index (κ3) is 2.35. The smallest absolute Gasteiger partial charge is 0.0426 e. The van der Waals surface area contributed by atoms with Crippen molar-refractivity contribution in [2.24, 2.45) is 0 Å². The fourth-order valence-electron chi connectivity index (χ4n) is 2.78. The molecular formula is C14H20ClN3. The van der Waals surface area contributed by atoms with Gasteiger partial charge in [0.25, 0.3) is 0 Å². The molecular weight excluding hydrogens is 246 g/mol. The van der Waals surface area contributed by atoms with Crippen molar-refractivity contribution in [3.05, 3.63) is 28.8 Å². The van der Waals surface area contributed by atoms with Crippen LogP contribution in [-0.2, 0) is 0 Å². The van der Waals surface area contributed by atoms with E-state index in [1.807, 2.05) is 6.07 Å². The summed E-state index contributed by atoms with van der Waals surface area (Å²) in [4.78, 5) is 5.07. The van der Waals surface area contributed by atoms with Crippen LogP contribution in [0.4, 0.5) is 5.69 Å². The molecule has 0 aliphatic carbocycles. The Morgan fingerprint density at radius 1 is 1.17 bits per heavy atom. The van der Waals surface area contributed by atoms with Gasteiger partial charge in [0.15, 0.2) is 0 Å². The second-order valence-corrected chi connectivity index (χ2v) is 5.70. The average molecular weight is 266 g/mol. The molecule has 1 aromatic rings. The highest BCUT2D eigenvalue weighted by Gasteiger charge is 2.27. The molecule has 4 heteroatoms. The fraction of sp³-hybridized carbons (Fsp3) is 0.571. The van der Waals surface area contributed by atoms with Crippen LogP contribution >= 0.6 is 11.6 Å². The van der Waals surface area contributed by atoms with Crippen LogP contribution in [0.15, 0.2) is 18.2 Å². The standard InChI is InChI=1S/C14H20ClN3/c1-11-2-3-12(15)8-14(11)18-6-4-17(5-7-18)13-9-16-10-13/h2-3,8,13,16H,4-7,9-10H2,1H3. The lowest BCUT2D eigenvalue weighted by molar-refractivity contribution is 0.138. The normalized spacial score (nSPS) is 22.0. The lowest BCUT2D eigenvalue weighted by atomic mass is 10.1. The minimum Gasteiger partial charge on any atom is -0.369 e. The maximum atomic E-state index is 6.10. The SMILES string of the molecule is Cc1ccc(Cl)cc1N1CCN(C2CNC2)CC1. The lowest BCUT2D eigenvalue weighted by Crippen LogP contribution is -2.61. The van der Waals surface area contributed by atoms with Crippen LogP contribution in [0, 0.1) is 6.92 Å². The first-order chi connectivity index (χ1) is 8.74. The van der Waals surface area contributed by atoms with Gasteiger partial charge in [-0.1, -0.05) is 17.7 Å². The molecule has 2 aliphatic heterocycles. The summed E-state index contributed by atoms with van der Waals surface area (Å²) in [7, 11) is 0. The number of rotatable bonds is 2. The van der Waals surface area contributed by atoms with Gasteiger partial charge in [-0.2, -0.15) is 0 Å². The third-order valence-corrected chi connectivity index (χ3v) is 4.34. The van der Waals surface area contributed by atoms with Gasteiger partial charge >= 0.3 is 0 Å². The van der Waals surface area contributed by atoms with Gasteiger partial charge in [0.2, 0.25) is 0 Å². The first kappa shape index (κ1) is 12.3. The summed E-state index contributed by atoms with van der Waals surface area (Å²) in [5, 5.41) is 4.18. The van der Waals surface area contributed by atoms with E-state index in [0.717, 1.165) is 50.3 Å². The maximum Gasteiger partial charge on any atom is 0.0426 e. The molecule has 0 saturated carbocycles. The van der Waals surface area contributed by atoms with E-state index in [1.54, 1.807) is 0 Å². The Labute approximate surface area is 114 Å². The van der Waals surface area contributed by atoms with E-state index in [1.165, 1.54) is 11.3 Å². The summed E-state index contributed by atoms with van der Waals surface area (Å²) < 4.78 is 0. The van der Waals surface area contributed by atoms with Crippen LogP contribution in [0.2, 0.25) is 5.02 Å². The minimum absolute atomic E-state index is 0.771. The number of hydrogen-bond acceptors (Lipinski definition) is 3. The molecule has 1 aromatic carbocycles. The van der Waals surface area contributed by atoms with Crippen molar-refractivity contribution in [1.29, 1.82) is 0 Å². The first-order valence-corrected chi connectivity index (χ1v) is 7.08. The monoisotopic (exact) mass is 265 g/mol. The molecule has 0 bridgehead atoms. The molecule has 0 spiro atoms. The zero-order chi connectivity index (χ0) is 12.5. The van der Waals surface area contributed by atoms with E-state index in [2.05, 4.69) is 34.2 Å². The average Bonchev–Trinajstić information content (AvgIpc) is 2.31. The van der Waals surface area contributed by atoms with Crippen molar-refractivity contribution in [1.82, 2.24) is 10.2 Å². The number of anilines is 1. The molecule has 0 unspecified atom stereocenters. The Morgan fingerprint density at radius 2 is 1.89 bits per heavy atom. The lowest BCUT2D eigenvalue weighted by Gasteiger charge is -2.44. The highest BCUT2D eigenvalue weighted by Crippen LogP contribution is 2.25. The Balaban J connectivity index is 1.66. The fourth-order valence-corrected chi connectivity index (χ4v) is 2.95. The van der Waals surface area contributed by atoms with Gasteiger partial charge in [-0.15, -0.1) is 0 Å². The van der Waals surface area contributed by atoms with Gasteiger partial charge < -0.3 is 10.2 Å². The molecule has 2 fully saturated rings. The summed E-state index contributed by atoms with van der Waals surface area (Å²) in [6.07, 6.45) is 0. The van der Waals surface area contributed by atoms with Crippen molar-refractivity contribution in [3.8, 4) is 0 Å². The predicted molar refractivity (Wildman–Crippen MR) is 76.6 cm³/mol. The molecule has 2 aliphatic rings. The number of nitrogens with one attached hydrogen (secondary N) is 1. The van der Waals surface area contributed by atoms with Gasteiger partial charge in [0.1, 0.15) is 0 Å². The van der Waals surface area contributed by atoms with Crippen LogP contribution in [0.25, 0.3) is 0 Å². The van der Waals surface area contributed by atoms with E-state index >= 15 is 0 Å². The second-order valence-electron chi connectivity index (χ2n) is 5.27. The largest absolute Gasteiger partial charge is 0.369 e. The Morgan fingerprint density at radius 3 is 2.50 bits per heavy atom. The zero-order valence-corrected chi connectivity index (χ0v) is 11.6. The first-order valence-electron chi connectivity index (χ1n) is 6.70. The zero-order valence-electron chi connectivity index (χ0n) is 10.8. The van der Waals surface area contributed by atoms with Crippen molar-refractivity contribution >= 4 is 17.3 Å². The summed E-state index contributed by atoms with van der Waals surface area (Å²) in [6.45, 7) is 9.03. The topological polar surface area (TPSA) is 18.5 Å². The Hall–Kier alpha value is -0.770. The summed E-state index contributed by atoms with van der Waals surface area (Å²) >= 11 is 6.10. The summed E-state index contributed by atoms with van der Waals surface area (Å²) in [5.74, 6) is 0. The second kappa shape index (κ2) is 5.08. The van der Waals surface area contributed by atoms with Crippen LogP contribution in [-0.4, -0.2) is 50.2 Å². The van der Waals surface area contributed by atoms with Crippen molar-refractivity contribution < 1.29 is 0 Å². The quantitative estimate of drug-likeness (QED) is 0.879. The summed E-state index contributed by atoms with van der Waals surface area (Å²) in [6, 6.07) is 6.95. The van der Waals surface area contributed by atoms with Crippen LogP contribution < -0.4 is 10.2 Å². The number of halogens is 1. The number of aryl methyl sites for hydroxylation is 1. The summed E-state index contributed by atoms with van der Waals surface area (Å²) in [5.41, 5.74) is 2.62. The van der Waals surface area contributed by atoms with Gasteiger partial charge in [-0.25, -0.2) is 0 Å². The highest BCUT2D eigenvalue weighted by molar-refractivity contribution is 6.30. The van der Waals surface area contributed by atoms with E-state index in [4.69, 9.17) is 11.6 Å². The maximum absolute atomic E-state index is 6.10. The number of benzene rings is 1. The van der Waals surface area contributed by atoms with E-state index in [-0.39, 0.29) is 0 Å². The number of nitrogens with zero attached hydrogens (tertiary/aromatic N) is 2. The minimum atomic E-state index is 0.771. The molecule has 3 nitrogen and oxygen atoms in total. The number of piperazine rings is 1. The van der Waals surface area contributed by atoms with Crippen LogP contribution in [0.5, 0.6) is 0 Å². The molecule has 2 heterocycles. The van der Waals surface area contributed by atoms with Crippen LogP contribution in [0.1, 0.15) is 5.56 Å². The van der Waals surface area contributed by atoms with Crippen molar-refractivity contribution in [2.45, 2.75) is 13.0 Å². The molecule has 0 aromatic heterocycles. The van der Waals surface area contributed by atoms with Gasteiger partial charge in [-0.3, -0.25) is 4.90 Å². The van der Waals surface area contributed by atoms with Gasteiger partial charge in [0.05, 0.1) is 0 Å². The van der Waals surface area contributed by atoms with E-state index in [9.17, 15) is 0 Å². The van der Waals surface area contributed by atoms with E-state index in [0.29, 0.717) is 0 Å². The van der Waals surface area contributed by atoms with Crippen molar-refractivity contribution in [3.63, 3.8) is 0 Å². The number of hydrogen-bond donors (Lipinski definition) is 1. The highest BCUT2D eigenvalue weighted by atomic mass is 35.5. The molecule has 1 N–H and O–H groups in total. The molecule has 2 saturated heterocycles. The molecule has 3 rings (SSSR count). The van der Waals surface area contributed by atoms with Gasteiger partial charge in [0, 0.05) is 56.0 Å². The molecule has 98 valence electrons. The van der Waals surface area contributed by atoms with E-state index < -0.39 is 0 Å². The molecule has 0 atom stereocenters. The molecule has 0 amide bonds. The van der Waals surface area contributed by atoms with Gasteiger partial charge in [-0.05, 0) is 24.6 Å². The van der Waals surface area contributed by atoms with Crippen LogP contribution in [0.3, 0.4) is 0 Å². The molecule has 0 radical (unpaired) electrons. The molecule has 18 heavy (non-hydrogen) atoms.